The number of ether oxygens (including phenoxy) is 1. The molecule has 0 saturated carbocycles. The van der Waals surface area contributed by atoms with Crippen LogP contribution in [0.2, 0.25) is 10.0 Å². The van der Waals surface area contributed by atoms with Crippen LogP contribution in [0.1, 0.15) is 17.3 Å². The monoisotopic (exact) mass is 390 g/mol. The van der Waals surface area contributed by atoms with E-state index in [9.17, 15) is 4.79 Å². The minimum absolute atomic E-state index is 0.278. The van der Waals surface area contributed by atoms with Gasteiger partial charge in [0, 0.05) is 35.9 Å². The maximum absolute atomic E-state index is 12.3. The first-order chi connectivity index (χ1) is 12.4. The Labute approximate surface area is 160 Å². The highest BCUT2D eigenvalue weighted by Crippen LogP contribution is 2.33. The molecule has 3 rings (SSSR count). The van der Waals surface area contributed by atoms with Crippen LogP contribution in [-0.2, 0) is 4.74 Å². The van der Waals surface area contributed by atoms with Crippen LogP contribution >= 0.6 is 23.2 Å². The summed E-state index contributed by atoms with van der Waals surface area (Å²) in [7, 11) is 3.66. The zero-order chi connectivity index (χ0) is 18.8. The van der Waals surface area contributed by atoms with Crippen molar-refractivity contribution in [2.75, 3.05) is 25.6 Å². The molecule has 0 aliphatic heterocycles. The van der Waals surface area contributed by atoms with Gasteiger partial charge in [-0.15, -0.1) is 0 Å². The molecule has 0 unspecified atom stereocenters. The van der Waals surface area contributed by atoms with Crippen molar-refractivity contribution in [1.82, 2.24) is 15.0 Å². The van der Waals surface area contributed by atoms with Crippen LogP contribution in [-0.4, -0.2) is 41.6 Å². The molecule has 2 aromatic heterocycles. The molecule has 6 nitrogen and oxygen atoms in total. The van der Waals surface area contributed by atoms with Crippen molar-refractivity contribution < 1.29 is 9.53 Å². The highest BCUT2D eigenvalue weighted by atomic mass is 35.5. The molecule has 0 N–H and O–H groups in total. The summed E-state index contributed by atoms with van der Waals surface area (Å²) in [5.74, 6) is -0.448. The number of hydrogen-bond donors (Lipinski definition) is 0. The van der Waals surface area contributed by atoms with Gasteiger partial charge in [0.15, 0.2) is 0 Å². The minimum Gasteiger partial charge on any atom is -0.462 e. The summed E-state index contributed by atoms with van der Waals surface area (Å²) in [5, 5.41) is 0.991. The third kappa shape index (κ3) is 3.43. The highest BCUT2D eigenvalue weighted by molar-refractivity contribution is 6.35. The Morgan fingerprint density at radius 3 is 2.38 bits per heavy atom. The zero-order valence-electron chi connectivity index (χ0n) is 14.5. The molecule has 134 valence electrons. The van der Waals surface area contributed by atoms with Crippen molar-refractivity contribution in [3.8, 4) is 11.3 Å². The second kappa shape index (κ2) is 7.43. The molecule has 3 aromatic rings. The molecular formula is C18H16Cl2N4O2. The van der Waals surface area contributed by atoms with Crippen LogP contribution in [0.4, 0.5) is 5.69 Å². The average molecular weight is 391 g/mol. The first-order valence-corrected chi connectivity index (χ1v) is 8.62. The molecule has 0 spiro atoms. The Hall–Kier alpha value is -2.44. The smallest absolute Gasteiger partial charge is 0.341 e. The van der Waals surface area contributed by atoms with Crippen molar-refractivity contribution in [2.24, 2.45) is 0 Å². The van der Waals surface area contributed by atoms with E-state index in [4.69, 9.17) is 27.9 Å². The van der Waals surface area contributed by atoms with Gasteiger partial charge in [0.1, 0.15) is 28.6 Å². The predicted molar refractivity (Wildman–Crippen MR) is 103 cm³/mol. The summed E-state index contributed by atoms with van der Waals surface area (Å²) in [4.78, 5) is 27.2. The van der Waals surface area contributed by atoms with Crippen LogP contribution in [0, 0.1) is 0 Å². The van der Waals surface area contributed by atoms with Gasteiger partial charge in [0.05, 0.1) is 12.3 Å². The number of pyridine rings is 1. The lowest BCUT2D eigenvalue weighted by molar-refractivity contribution is 0.0527. The maximum atomic E-state index is 12.3. The summed E-state index contributed by atoms with van der Waals surface area (Å²) in [6.07, 6.45) is 2.91. The summed E-state index contributed by atoms with van der Waals surface area (Å²) in [5.41, 5.74) is 3.35. The Balaban J connectivity index is 2.29. The third-order valence-corrected chi connectivity index (χ3v) is 4.14. The Bertz CT molecular complexity index is 972. The molecule has 0 bridgehead atoms. The van der Waals surface area contributed by atoms with Gasteiger partial charge in [0.2, 0.25) is 0 Å². The summed E-state index contributed by atoms with van der Waals surface area (Å²) < 4.78 is 5.13. The molecule has 8 heteroatoms. The van der Waals surface area contributed by atoms with Gasteiger partial charge in [0.25, 0.3) is 0 Å². The Morgan fingerprint density at radius 1 is 1.08 bits per heavy atom. The van der Waals surface area contributed by atoms with Crippen molar-refractivity contribution >= 4 is 45.9 Å². The SMILES string of the molecule is CCOC(=O)c1cnc2c(-c3cc(Cl)cc(Cl)c3)ncnc2c1N(C)C. The van der Waals surface area contributed by atoms with Crippen LogP contribution in [0.5, 0.6) is 0 Å². The van der Waals surface area contributed by atoms with E-state index in [-0.39, 0.29) is 6.61 Å². The second-order valence-corrected chi connectivity index (χ2v) is 6.59. The second-order valence-electron chi connectivity index (χ2n) is 5.71. The number of carbonyl (C=O) groups excluding carboxylic acids is 1. The highest BCUT2D eigenvalue weighted by Gasteiger charge is 2.21. The fraction of sp³-hybridized carbons (Fsp3) is 0.222. The normalized spacial score (nSPS) is 10.8. The van der Waals surface area contributed by atoms with Gasteiger partial charge in [-0.05, 0) is 25.1 Å². The molecule has 26 heavy (non-hydrogen) atoms. The van der Waals surface area contributed by atoms with Gasteiger partial charge in [-0.1, -0.05) is 23.2 Å². The van der Waals surface area contributed by atoms with Crippen LogP contribution < -0.4 is 4.90 Å². The number of fused-ring (bicyclic) bond motifs is 1. The Kier molecular flexibility index (Phi) is 5.25. The van der Waals surface area contributed by atoms with Gasteiger partial charge < -0.3 is 9.64 Å². The molecule has 0 saturated heterocycles. The van der Waals surface area contributed by atoms with E-state index in [1.54, 1.807) is 30.0 Å². The number of anilines is 1. The number of benzene rings is 1. The summed E-state index contributed by atoms with van der Waals surface area (Å²) >= 11 is 12.2. The van der Waals surface area contributed by atoms with Crippen molar-refractivity contribution in [1.29, 1.82) is 0 Å². The number of halogens is 2. The van der Waals surface area contributed by atoms with Crippen molar-refractivity contribution in [2.45, 2.75) is 6.92 Å². The van der Waals surface area contributed by atoms with Crippen LogP contribution in [0.3, 0.4) is 0 Å². The zero-order valence-corrected chi connectivity index (χ0v) is 16.0. The largest absolute Gasteiger partial charge is 0.462 e. The van der Waals surface area contributed by atoms with Crippen molar-refractivity contribution in [3.05, 3.63) is 46.3 Å². The first kappa shape index (κ1) is 18.4. The van der Waals surface area contributed by atoms with Crippen LogP contribution in [0.15, 0.2) is 30.7 Å². The number of esters is 1. The van der Waals surface area contributed by atoms with Crippen LogP contribution in [0.25, 0.3) is 22.3 Å². The lowest BCUT2D eigenvalue weighted by atomic mass is 10.1. The lowest BCUT2D eigenvalue weighted by Gasteiger charge is -2.18. The number of rotatable bonds is 4. The number of carbonyl (C=O) groups is 1. The molecular weight excluding hydrogens is 375 g/mol. The maximum Gasteiger partial charge on any atom is 0.341 e. The molecule has 0 aliphatic carbocycles. The van der Waals surface area contributed by atoms with Gasteiger partial charge in [-0.3, -0.25) is 4.98 Å². The van der Waals surface area contributed by atoms with E-state index in [0.29, 0.717) is 38.0 Å². The Morgan fingerprint density at radius 2 is 1.77 bits per heavy atom. The standard InChI is InChI=1S/C18H16Cl2N4O2/c1-4-26-18(25)13-8-21-15-14(10-5-11(19)7-12(20)6-10)22-9-23-16(15)17(13)24(2)3/h5-9H,4H2,1-3H3. The molecule has 1 aromatic carbocycles. The van der Waals surface area contributed by atoms with E-state index in [2.05, 4.69) is 15.0 Å². The van der Waals surface area contributed by atoms with E-state index in [0.717, 1.165) is 5.56 Å². The van der Waals surface area contributed by atoms with Gasteiger partial charge >= 0.3 is 5.97 Å². The quantitative estimate of drug-likeness (QED) is 0.620. The third-order valence-electron chi connectivity index (χ3n) is 3.70. The predicted octanol–water partition coefficient (Wildman–Crippen LogP) is 4.24. The number of aromatic nitrogens is 3. The molecule has 0 atom stereocenters. The van der Waals surface area contributed by atoms with Gasteiger partial charge in [-0.25, -0.2) is 14.8 Å². The van der Waals surface area contributed by atoms with Gasteiger partial charge in [-0.2, -0.15) is 0 Å². The minimum atomic E-state index is -0.448. The topological polar surface area (TPSA) is 68.2 Å². The fourth-order valence-electron chi connectivity index (χ4n) is 2.70. The van der Waals surface area contributed by atoms with E-state index in [1.165, 1.54) is 12.5 Å². The van der Waals surface area contributed by atoms with Crippen molar-refractivity contribution in [3.63, 3.8) is 0 Å². The number of nitrogens with zero attached hydrogens (tertiary/aromatic N) is 4. The van der Waals surface area contributed by atoms with E-state index in [1.807, 2.05) is 14.1 Å². The fourth-order valence-corrected chi connectivity index (χ4v) is 3.23. The lowest BCUT2D eigenvalue weighted by Crippen LogP contribution is -2.17. The van der Waals surface area contributed by atoms with E-state index < -0.39 is 5.97 Å². The first-order valence-electron chi connectivity index (χ1n) is 7.87. The molecule has 0 radical (unpaired) electrons. The molecule has 0 aliphatic rings. The van der Waals surface area contributed by atoms with E-state index >= 15 is 0 Å². The number of hydrogen-bond acceptors (Lipinski definition) is 6. The summed E-state index contributed by atoms with van der Waals surface area (Å²) in [6.45, 7) is 2.03. The summed E-state index contributed by atoms with van der Waals surface area (Å²) in [6, 6.07) is 5.16. The molecule has 2 heterocycles. The molecule has 0 fully saturated rings. The molecule has 0 amide bonds. The average Bonchev–Trinajstić information content (AvgIpc) is 2.59.